The summed E-state index contributed by atoms with van der Waals surface area (Å²) in [6.45, 7) is 1.67. The predicted octanol–water partition coefficient (Wildman–Crippen LogP) is 1.73. The molecule has 0 aliphatic heterocycles. The second-order valence-electron chi connectivity index (χ2n) is 5.61. The van der Waals surface area contributed by atoms with Gasteiger partial charge in [0.1, 0.15) is 5.54 Å². The number of likely N-dealkylation sites (N-methyl/N-ethyl adjacent to an activating group) is 1. The Hall–Kier alpha value is -0.610. The fourth-order valence-electron chi connectivity index (χ4n) is 3.11. The van der Waals surface area contributed by atoms with E-state index in [2.05, 4.69) is 5.32 Å². The van der Waals surface area contributed by atoms with Gasteiger partial charge in [-0.25, -0.2) is 0 Å². The molecule has 0 aromatic heterocycles. The molecule has 104 valence electrons. The van der Waals surface area contributed by atoms with Crippen molar-refractivity contribution >= 4 is 5.97 Å². The molecule has 2 atom stereocenters. The lowest BCUT2D eigenvalue weighted by atomic mass is 9.85. The zero-order valence-electron chi connectivity index (χ0n) is 11.5. The van der Waals surface area contributed by atoms with Crippen LogP contribution in [0.5, 0.6) is 0 Å². The van der Waals surface area contributed by atoms with E-state index in [4.69, 9.17) is 9.47 Å². The lowest BCUT2D eigenvalue weighted by Crippen LogP contribution is -2.54. The van der Waals surface area contributed by atoms with Gasteiger partial charge < -0.3 is 14.8 Å². The number of carbonyl (C=O) groups is 1. The largest absolute Gasteiger partial charge is 0.468 e. The number of rotatable bonds is 7. The number of ether oxygens (including phenoxy) is 2. The normalized spacial score (nSPS) is 31.6. The highest BCUT2D eigenvalue weighted by atomic mass is 16.5. The van der Waals surface area contributed by atoms with E-state index < -0.39 is 5.54 Å². The Morgan fingerprint density at radius 1 is 1.39 bits per heavy atom. The van der Waals surface area contributed by atoms with Crippen molar-refractivity contribution < 1.29 is 14.3 Å². The van der Waals surface area contributed by atoms with E-state index >= 15 is 0 Å². The summed E-state index contributed by atoms with van der Waals surface area (Å²) in [4.78, 5) is 12.0. The van der Waals surface area contributed by atoms with E-state index in [0.717, 1.165) is 44.8 Å². The molecule has 2 rings (SSSR count). The predicted molar refractivity (Wildman–Crippen MR) is 69.3 cm³/mol. The molecular formula is C14H25NO3. The summed E-state index contributed by atoms with van der Waals surface area (Å²) < 4.78 is 10.7. The topological polar surface area (TPSA) is 47.6 Å². The molecule has 0 spiro atoms. The summed E-state index contributed by atoms with van der Waals surface area (Å²) in [5.41, 5.74) is -0.475. The highest BCUT2D eigenvalue weighted by Gasteiger charge is 2.48. The lowest BCUT2D eigenvalue weighted by molar-refractivity contribution is -0.150. The molecular weight excluding hydrogens is 230 g/mol. The van der Waals surface area contributed by atoms with Gasteiger partial charge >= 0.3 is 5.97 Å². The SMILES string of the molecule is CNC1(C(=O)OC)CCCC1CCOCC1CC1. The average Bonchev–Trinajstić information content (AvgIpc) is 3.13. The van der Waals surface area contributed by atoms with Gasteiger partial charge in [-0.3, -0.25) is 4.79 Å². The van der Waals surface area contributed by atoms with Gasteiger partial charge in [-0.1, -0.05) is 6.42 Å². The minimum absolute atomic E-state index is 0.116. The van der Waals surface area contributed by atoms with E-state index in [1.165, 1.54) is 20.0 Å². The standard InChI is InChI=1S/C14H25NO3/c1-15-14(13(16)17-2)8-3-4-12(14)7-9-18-10-11-5-6-11/h11-12,15H,3-10H2,1-2H3. The molecule has 2 saturated carbocycles. The lowest BCUT2D eigenvalue weighted by Gasteiger charge is -2.32. The number of carbonyl (C=O) groups excluding carboxylic acids is 1. The van der Waals surface area contributed by atoms with Crippen molar-refractivity contribution in [1.82, 2.24) is 5.32 Å². The van der Waals surface area contributed by atoms with E-state index in [1.807, 2.05) is 7.05 Å². The molecule has 0 amide bonds. The van der Waals surface area contributed by atoms with Crippen LogP contribution < -0.4 is 5.32 Å². The summed E-state index contributed by atoms with van der Waals surface area (Å²) in [6.07, 6.45) is 6.65. The van der Waals surface area contributed by atoms with Gasteiger partial charge in [0.2, 0.25) is 0 Å². The van der Waals surface area contributed by atoms with E-state index in [1.54, 1.807) is 0 Å². The Kier molecular flexibility index (Phi) is 4.62. The second-order valence-corrected chi connectivity index (χ2v) is 5.61. The summed E-state index contributed by atoms with van der Waals surface area (Å²) >= 11 is 0. The first kappa shape index (κ1) is 13.8. The van der Waals surface area contributed by atoms with E-state index in [0.29, 0.717) is 5.92 Å². The van der Waals surface area contributed by atoms with Crippen molar-refractivity contribution in [3.8, 4) is 0 Å². The number of hydrogen-bond acceptors (Lipinski definition) is 4. The zero-order valence-corrected chi connectivity index (χ0v) is 11.5. The van der Waals surface area contributed by atoms with Crippen molar-refractivity contribution in [2.75, 3.05) is 27.4 Å². The summed E-state index contributed by atoms with van der Waals surface area (Å²) in [5.74, 6) is 1.03. The van der Waals surface area contributed by atoms with Crippen LogP contribution in [-0.2, 0) is 14.3 Å². The van der Waals surface area contributed by atoms with Crippen LogP contribution in [0, 0.1) is 11.8 Å². The molecule has 4 nitrogen and oxygen atoms in total. The highest BCUT2D eigenvalue weighted by molar-refractivity contribution is 5.81. The zero-order chi connectivity index (χ0) is 13.0. The Bertz CT molecular complexity index is 291. The first-order valence-electron chi connectivity index (χ1n) is 7.08. The van der Waals surface area contributed by atoms with E-state index in [9.17, 15) is 4.79 Å². The van der Waals surface area contributed by atoms with Crippen LogP contribution >= 0.6 is 0 Å². The van der Waals surface area contributed by atoms with Gasteiger partial charge in [0.15, 0.2) is 0 Å². The number of esters is 1. The van der Waals surface area contributed by atoms with Crippen LogP contribution in [0.4, 0.5) is 0 Å². The second kappa shape index (κ2) is 6.02. The van der Waals surface area contributed by atoms with Gasteiger partial charge in [0, 0.05) is 13.2 Å². The molecule has 0 saturated heterocycles. The van der Waals surface area contributed by atoms with Crippen molar-refractivity contribution in [3.63, 3.8) is 0 Å². The maximum atomic E-state index is 12.0. The molecule has 2 aliphatic rings. The van der Waals surface area contributed by atoms with Crippen LogP contribution in [0.3, 0.4) is 0 Å². The van der Waals surface area contributed by atoms with Crippen LogP contribution in [-0.4, -0.2) is 38.9 Å². The third-order valence-electron chi connectivity index (χ3n) is 4.48. The Labute approximate surface area is 109 Å². The summed E-state index contributed by atoms with van der Waals surface area (Å²) in [6, 6.07) is 0. The molecule has 2 aliphatic carbocycles. The molecule has 1 N–H and O–H groups in total. The van der Waals surface area contributed by atoms with Crippen LogP contribution in [0.25, 0.3) is 0 Å². The van der Waals surface area contributed by atoms with Gasteiger partial charge in [0.25, 0.3) is 0 Å². The third kappa shape index (κ3) is 2.86. The molecule has 0 aromatic rings. The summed E-state index contributed by atoms with van der Waals surface area (Å²) in [7, 11) is 3.33. The molecule has 0 radical (unpaired) electrons. The number of hydrogen-bond donors (Lipinski definition) is 1. The summed E-state index contributed by atoms with van der Waals surface area (Å²) in [5, 5.41) is 3.21. The molecule has 18 heavy (non-hydrogen) atoms. The third-order valence-corrected chi connectivity index (χ3v) is 4.48. The number of nitrogens with one attached hydrogen (secondary N) is 1. The average molecular weight is 255 g/mol. The molecule has 2 unspecified atom stereocenters. The number of methoxy groups -OCH3 is 1. The van der Waals surface area contributed by atoms with Gasteiger partial charge in [-0.15, -0.1) is 0 Å². The van der Waals surface area contributed by atoms with Crippen LogP contribution in [0.2, 0.25) is 0 Å². The molecule has 4 heteroatoms. The molecule has 0 heterocycles. The molecule has 0 bridgehead atoms. The minimum atomic E-state index is -0.475. The van der Waals surface area contributed by atoms with Gasteiger partial charge in [-0.2, -0.15) is 0 Å². The smallest absolute Gasteiger partial charge is 0.326 e. The van der Waals surface area contributed by atoms with Crippen molar-refractivity contribution in [2.24, 2.45) is 11.8 Å². The molecule has 2 fully saturated rings. The highest BCUT2D eigenvalue weighted by Crippen LogP contribution is 2.38. The van der Waals surface area contributed by atoms with Crippen molar-refractivity contribution in [3.05, 3.63) is 0 Å². The van der Waals surface area contributed by atoms with Gasteiger partial charge in [-0.05, 0) is 51.0 Å². The monoisotopic (exact) mass is 255 g/mol. The fraction of sp³-hybridized carbons (Fsp3) is 0.929. The van der Waals surface area contributed by atoms with E-state index in [-0.39, 0.29) is 5.97 Å². The van der Waals surface area contributed by atoms with Crippen molar-refractivity contribution in [1.29, 1.82) is 0 Å². The maximum absolute atomic E-state index is 12.0. The minimum Gasteiger partial charge on any atom is -0.468 e. The Balaban J connectivity index is 1.82. The quantitative estimate of drug-likeness (QED) is 0.556. The molecule has 0 aromatic carbocycles. The Morgan fingerprint density at radius 3 is 2.78 bits per heavy atom. The maximum Gasteiger partial charge on any atom is 0.326 e. The fourth-order valence-corrected chi connectivity index (χ4v) is 3.11. The first-order chi connectivity index (χ1) is 8.73. The van der Waals surface area contributed by atoms with Gasteiger partial charge in [0.05, 0.1) is 7.11 Å². The van der Waals surface area contributed by atoms with Crippen LogP contribution in [0.1, 0.15) is 38.5 Å². The van der Waals surface area contributed by atoms with Crippen LogP contribution in [0.15, 0.2) is 0 Å². The first-order valence-corrected chi connectivity index (χ1v) is 7.08. The van der Waals surface area contributed by atoms with Crippen molar-refractivity contribution in [2.45, 2.75) is 44.1 Å². The Morgan fingerprint density at radius 2 is 2.17 bits per heavy atom.